The fourth-order valence-electron chi connectivity index (χ4n) is 2.19. The van der Waals surface area contributed by atoms with Crippen molar-refractivity contribution in [2.75, 3.05) is 0 Å². The Labute approximate surface area is 96.7 Å². The van der Waals surface area contributed by atoms with E-state index >= 15 is 0 Å². The van der Waals surface area contributed by atoms with E-state index in [-0.39, 0.29) is 6.04 Å². The third-order valence-corrected chi connectivity index (χ3v) is 3.13. The van der Waals surface area contributed by atoms with E-state index in [1.54, 1.807) is 0 Å². The summed E-state index contributed by atoms with van der Waals surface area (Å²) in [6.45, 7) is 1.99. The van der Waals surface area contributed by atoms with Crippen LogP contribution in [0.3, 0.4) is 0 Å². The van der Waals surface area contributed by atoms with Gasteiger partial charge in [0.1, 0.15) is 0 Å². The van der Waals surface area contributed by atoms with Crippen molar-refractivity contribution in [1.82, 2.24) is 10.4 Å². The van der Waals surface area contributed by atoms with Gasteiger partial charge in [0.15, 0.2) is 0 Å². The molecule has 0 radical (unpaired) electrons. The fraction of sp³-hybridized carbons (Fsp3) is 0.462. The summed E-state index contributed by atoms with van der Waals surface area (Å²) in [7, 11) is 0. The van der Waals surface area contributed by atoms with Crippen LogP contribution in [0.4, 0.5) is 0 Å². The summed E-state index contributed by atoms with van der Waals surface area (Å²) in [5.74, 6) is 5.66. The molecule has 3 heteroatoms. The minimum absolute atomic E-state index is 0.133. The molecule has 0 aromatic carbocycles. The molecule has 1 aromatic heterocycles. The van der Waals surface area contributed by atoms with E-state index in [0.717, 1.165) is 17.7 Å². The largest absolute Gasteiger partial charge is 0.271 e. The molecule has 1 aliphatic carbocycles. The van der Waals surface area contributed by atoms with E-state index in [9.17, 15) is 0 Å². The number of nitrogens with zero attached hydrogens (tertiary/aromatic N) is 1. The number of rotatable bonds is 3. The van der Waals surface area contributed by atoms with E-state index in [1.165, 1.54) is 24.8 Å². The van der Waals surface area contributed by atoms with Crippen LogP contribution in [0.25, 0.3) is 0 Å². The normalized spacial score (nSPS) is 18.0. The van der Waals surface area contributed by atoms with Gasteiger partial charge in [-0.3, -0.25) is 10.8 Å². The number of hydrogen-bond acceptors (Lipinski definition) is 3. The summed E-state index contributed by atoms with van der Waals surface area (Å²) >= 11 is 0. The van der Waals surface area contributed by atoms with Crippen LogP contribution in [0.1, 0.15) is 43.0 Å². The molecular formula is C13H19N3. The van der Waals surface area contributed by atoms with Gasteiger partial charge in [-0.25, -0.2) is 5.43 Å². The number of hydrazine groups is 1. The van der Waals surface area contributed by atoms with Gasteiger partial charge in [-0.1, -0.05) is 17.7 Å². The lowest BCUT2D eigenvalue weighted by molar-refractivity contribution is 0.564. The van der Waals surface area contributed by atoms with Gasteiger partial charge in [0, 0.05) is 11.9 Å². The highest BCUT2D eigenvalue weighted by atomic mass is 15.2. The molecule has 2 rings (SSSR count). The number of nitrogens with one attached hydrogen (secondary N) is 1. The summed E-state index contributed by atoms with van der Waals surface area (Å²) in [6, 6.07) is 4.26. The average molecular weight is 217 g/mol. The number of nitrogens with two attached hydrogens (primary N) is 1. The van der Waals surface area contributed by atoms with Crippen LogP contribution in [0.15, 0.2) is 30.0 Å². The summed E-state index contributed by atoms with van der Waals surface area (Å²) in [4.78, 5) is 4.32. The minimum atomic E-state index is 0.133. The zero-order valence-corrected chi connectivity index (χ0v) is 9.74. The van der Waals surface area contributed by atoms with Crippen LogP contribution in [0, 0.1) is 6.92 Å². The number of pyridine rings is 1. The van der Waals surface area contributed by atoms with Crippen LogP contribution in [0.5, 0.6) is 0 Å². The van der Waals surface area contributed by atoms with Gasteiger partial charge in [0.2, 0.25) is 0 Å². The molecule has 0 saturated heterocycles. The number of aromatic nitrogens is 1. The molecule has 1 aromatic rings. The Kier molecular flexibility index (Phi) is 3.70. The van der Waals surface area contributed by atoms with Gasteiger partial charge >= 0.3 is 0 Å². The first-order valence-electron chi connectivity index (χ1n) is 5.89. The second-order valence-corrected chi connectivity index (χ2v) is 4.36. The predicted octanol–water partition coefficient (Wildman–Crippen LogP) is 2.39. The number of hydrogen-bond donors (Lipinski definition) is 2. The molecule has 0 amide bonds. The maximum atomic E-state index is 5.66. The zero-order valence-electron chi connectivity index (χ0n) is 9.74. The second kappa shape index (κ2) is 5.23. The Hall–Kier alpha value is -1.19. The van der Waals surface area contributed by atoms with Gasteiger partial charge in [0.25, 0.3) is 0 Å². The molecule has 86 valence electrons. The first-order chi connectivity index (χ1) is 7.81. The van der Waals surface area contributed by atoms with Crippen molar-refractivity contribution in [3.05, 3.63) is 41.2 Å². The van der Waals surface area contributed by atoms with E-state index in [0.29, 0.717) is 0 Å². The molecule has 16 heavy (non-hydrogen) atoms. The van der Waals surface area contributed by atoms with Gasteiger partial charge in [-0.15, -0.1) is 0 Å². The van der Waals surface area contributed by atoms with Crippen molar-refractivity contribution >= 4 is 0 Å². The minimum Gasteiger partial charge on any atom is -0.271 e. The molecule has 0 saturated carbocycles. The van der Waals surface area contributed by atoms with Gasteiger partial charge in [-0.2, -0.15) is 0 Å². The smallest absolute Gasteiger partial charge is 0.0685 e. The summed E-state index contributed by atoms with van der Waals surface area (Å²) in [5, 5.41) is 0. The topological polar surface area (TPSA) is 50.9 Å². The predicted molar refractivity (Wildman–Crippen MR) is 65.6 cm³/mol. The molecule has 1 heterocycles. The van der Waals surface area contributed by atoms with E-state index in [4.69, 9.17) is 5.84 Å². The van der Waals surface area contributed by atoms with Crippen molar-refractivity contribution in [3.8, 4) is 0 Å². The molecule has 0 fully saturated rings. The second-order valence-electron chi connectivity index (χ2n) is 4.36. The van der Waals surface area contributed by atoms with Crippen LogP contribution in [0.2, 0.25) is 0 Å². The summed E-state index contributed by atoms with van der Waals surface area (Å²) in [5.41, 5.74) is 6.49. The molecule has 0 bridgehead atoms. The van der Waals surface area contributed by atoms with Crippen molar-refractivity contribution in [1.29, 1.82) is 0 Å². The van der Waals surface area contributed by atoms with Gasteiger partial charge in [-0.05, 0) is 44.2 Å². The average Bonchev–Trinajstić information content (AvgIpc) is 2.34. The lowest BCUT2D eigenvalue weighted by Crippen LogP contribution is -2.30. The molecular weight excluding hydrogens is 198 g/mol. The Morgan fingerprint density at radius 3 is 2.81 bits per heavy atom. The lowest BCUT2D eigenvalue weighted by atomic mass is 9.91. The van der Waals surface area contributed by atoms with E-state index in [2.05, 4.69) is 22.6 Å². The van der Waals surface area contributed by atoms with Crippen molar-refractivity contribution < 1.29 is 0 Å². The molecule has 3 N–H and O–H groups in total. The fourth-order valence-corrected chi connectivity index (χ4v) is 2.19. The Morgan fingerprint density at radius 1 is 1.38 bits per heavy atom. The van der Waals surface area contributed by atoms with Gasteiger partial charge in [0.05, 0.1) is 6.04 Å². The summed E-state index contributed by atoms with van der Waals surface area (Å²) < 4.78 is 0. The first-order valence-corrected chi connectivity index (χ1v) is 5.89. The highest BCUT2D eigenvalue weighted by Gasteiger charge is 2.16. The molecule has 3 nitrogen and oxygen atoms in total. The van der Waals surface area contributed by atoms with Crippen LogP contribution < -0.4 is 11.3 Å². The molecule has 1 atom stereocenters. The van der Waals surface area contributed by atoms with Gasteiger partial charge < -0.3 is 0 Å². The maximum absolute atomic E-state index is 5.66. The Balaban J connectivity index is 2.21. The zero-order chi connectivity index (χ0) is 11.4. The third kappa shape index (κ3) is 2.49. The van der Waals surface area contributed by atoms with Crippen molar-refractivity contribution in [2.24, 2.45) is 5.84 Å². The SMILES string of the molecule is Cc1ccc(C(NN)C2=CCCCC2)cn1. The highest BCUT2D eigenvalue weighted by molar-refractivity contribution is 5.27. The molecule has 0 spiro atoms. The molecule has 1 unspecified atom stereocenters. The quantitative estimate of drug-likeness (QED) is 0.464. The first kappa shape index (κ1) is 11.3. The Bertz CT molecular complexity index is 367. The van der Waals surface area contributed by atoms with Crippen molar-refractivity contribution in [2.45, 2.75) is 38.6 Å². The van der Waals surface area contributed by atoms with Crippen molar-refractivity contribution in [3.63, 3.8) is 0 Å². The number of aryl methyl sites for hydroxylation is 1. The highest BCUT2D eigenvalue weighted by Crippen LogP contribution is 2.28. The third-order valence-electron chi connectivity index (χ3n) is 3.13. The van der Waals surface area contributed by atoms with E-state index in [1.807, 2.05) is 19.2 Å². The number of allylic oxidation sites excluding steroid dienone is 1. The van der Waals surface area contributed by atoms with Crippen LogP contribution in [-0.2, 0) is 0 Å². The van der Waals surface area contributed by atoms with Crippen LogP contribution >= 0.6 is 0 Å². The lowest BCUT2D eigenvalue weighted by Gasteiger charge is -2.22. The monoisotopic (exact) mass is 217 g/mol. The standard InChI is InChI=1S/C13H19N3/c1-10-7-8-12(9-15-10)13(16-14)11-5-3-2-4-6-11/h5,7-9,13,16H,2-4,6,14H2,1H3. The molecule has 0 aliphatic heterocycles. The van der Waals surface area contributed by atoms with E-state index < -0.39 is 0 Å². The summed E-state index contributed by atoms with van der Waals surface area (Å²) in [6.07, 6.45) is 9.11. The molecule has 1 aliphatic rings. The maximum Gasteiger partial charge on any atom is 0.0685 e. The Morgan fingerprint density at radius 2 is 2.25 bits per heavy atom. The van der Waals surface area contributed by atoms with Crippen LogP contribution in [-0.4, -0.2) is 4.98 Å².